The van der Waals surface area contributed by atoms with Crippen LogP contribution in [0.25, 0.3) is 11.1 Å². The van der Waals surface area contributed by atoms with Gasteiger partial charge in [-0.2, -0.15) is 0 Å². The Labute approximate surface area is 206 Å². The fourth-order valence-electron chi connectivity index (χ4n) is 4.48. The quantitative estimate of drug-likeness (QED) is 0.559. The third kappa shape index (κ3) is 6.39. The minimum Gasteiger partial charge on any atom is -0.480 e. The number of likely N-dealkylation sites (N-methyl/N-ethyl adjacent to an activating group) is 1. The number of carbonyl (C=O) groups is 3. The van der Waals surface area contributed by atoms with E-state index in [4.69, 9.17) is 9.47 Å². The number of hydrogen-bond donors (Lipinski definition) is 2. The molecule has 0 heterocycles. The SMILES string of the molecule is CCN(CC(=O)O)C(=O)[C@@H](NC(=O)OCC1c2ccccc2-c2ccccc21)[C@@H](C)OC(C)(C)C. The Hall–Kier alpha value is -3.39. The van der Waals surface area contributed by atoms with Crippen LogP contribution in [-0.4, -0.2) is 65.4 Å². The molecule has 188 valence electrons. The molecule has 0 aromatic heterocycles. The van der Waals surface area contributed by atoms with Crippen LogP contribution in [0.1, 0.15) is 51.7 Å². The van der Waals surface area contributed by atoms with Crippen molar-refractivity contribution in [3.8, 4) is 11.1 Å². The third-order valence-electron chi connectivity index (χ3n) is 5.91. The van der Waals surface area contributed by atoms with Crippen LogP contribution in [0.4, 0.5) is 4.79 Å². The molecular formula is C27H34N2O6. The van der Waals surface area contributed by atoms with Crippen molar-refractivity contribution in [3.63, 3.8) is 0 Å². The Morgan fingerprint density at radius 1 is 1.03 bits per heavy atom. The normalized spacial score (nSPS) is 14.4. The van der Waals surface area contributed by atoms with E-state index in [0.717, 1.165) is 22.3 Å². The second-order valence-electron chi connectivity index (χ2n) is 9.63. The van der Waals surface area contributed by atoms with Crippen molar-refractivity contribution >= 4 is 18.0 Å². The first-order chi connectivity index (χ1) is 16.5. The molecule has 0 saturated heterocycles. The molecule has 0 bridgehead atoms. The molecule has 1 aliphatic carbocycles. The Kier molecular flexibility index (Phi) is 8.17. The van der Waals surface area contributed by atoms with Crippen LogP contribution in [0.5, 0.6) is 0 Å². The van der Waals surface area contributed by atoms with Gasteiger partial charge in [-0.25, -0.2) is 4.79 Å². The minimum absolute atomic E-state index is 0.0991. The molecule has 8 heteroatoms. The molecule has 35 heavy (non-hydrogen) atoms. The van der Waals surface area contributed by atoms with Crippen molar-refractivity contribution in [3.05, 3.63) is 59.7 Å². The minimum atomic E-state index is -1.13. The first-order valence-electron chi connectivity index (χ1n) is 11.8. The second kappa shape index (κ2) is 10.9. The lowest BCUT2D eigenvalue weighted by atomic mass is 9.98. The van der Waals surface area contributed by atoms with Crippen LogP contribution in [-0.2, 0) is 19.1 Å². The van der Waals surface area contributed by atoms with Crippen LogP contribution >= 0.6 is 0 Å². The number of benzene rings is 2. The molecule has 8 nitrogen and oxygen atoms in total. The number of ether oxygens (including phenoxy) is 2. The number of fused-ring (bicyclic) bond motifs is 3. The summed E-state index contributed by atoms with van der Waals surface area (Å²) in [5.74, 6) is -1.80. The number of hydrogen-bond acceptors (Lipinski definition) is 5. The van der Waals surface area contributed by atoms with Crippen LogP contribution in [0.15, 0.2) is 48.5 Å². The monoisotopic (exact) mass is 482 g/mol. The van der Waals surface area contributed by atoms with Gasteiger partial charge in [0, 0.05) is 12.5 Å². The van der Waals surface area contributed by atoms with E-state index in [9.17, 15) is 19.5 Å². The molecular weight excluding hydrogens is 448 g/mol. The predicted octanol–water partition coefficient (Wildman–Crippen LogP) is 4.03. The molecule has 0 fully saturated rings. The molecule has 0 unspecified atom stereocenters. The first kappa shape index (κ1) is 26.2. The average Bonchev–Trinajstić information content (AvgIpc) is 3.11. The van der Waals surface area contributed by atoms with Crippen molar-refractivity contribution in [2.24, 2.45) is 0 Å². The summed E-state index contributed by atoms with van der Waals surface area (Å²) >= 11 is 0. The molecule has 0 spiro atoms. The van der Waals surface area contributed by atoms with E-state index in [0.29, 0.717) is 0 Å². The lowest BCUT2D eigenvalue weighted by Crippen LogP contribution is -2.56. The van der Waals surface area contributed by atoms with E-state index in [1.54, 1.807) is 13.8 Å². The Balaban J connectivity index is 1.75. The lowest BCUT2D eigenvalue weighted by molar-refractivity contribution is -0.148. The van der Waals surface area contributed by atoms with E-state index in [1.165, 1.54) is 4.90 Å². The predicted molar refractivity (Wildman–Crippen MR) is 132 cm³/mol. The number of carbonyl (C=O) groups excluding carboxylic acids is 2. The van der Waals surface area contributed by atoms with Gasteiger partial charge in [-0.05, 0) is 56.9 Å². The lowest BCUT2D eigenvalue weighted by Gasteiger charge is -2.33. The zero-order valence-electron chi connectivity index (χ0n) is 20.9. The molecule has 2 aromatic rings. The van der Waals surface area contributed by atoms with Gasteiger partial charge in [0.05, 0.1) is 11.7 Å². The van der Waals surface area contributed by atoms with E-state index < -0.39 is 42.3 Å². The maximum absolute atomic E-state index is 13.2. The number of nitrogens with one attached hydrogen (secondary N) is 1. The molecule has 3 rings (SSSR count). The van der Waals surface area contributed by atoms with E-state index in [-0.39, 0.29) is 19.1 Å². The molecule has 2 atom stereocenters. The summed E-state index contributed by atoms with van der Waals surface area (Å²) < 4.78 is 11.5. The van der Waals surface area contributed by atoms with Crippen LogP contribution in [0.2, 0.25) is 0 Å². The van der Waals surface area contributed by atoms with Crippen molar-refractivity contribution in [2.75, 3.05) is 19.7 Å². The highest BCUT2D eigenvalue weighted by Gasteiger charge is 2.35. The van der Waals surface area contributed by atoms with Gasteiger partial charge in [0.25, 0.3) is 0 Å². The Morgan fingerprint density at radius 3 is 2.06 bits per heavy atom. The maximum atomic E-state index is 13.2. The smallest absolute Gasteiger partial charge is 0.407 e. The van der Waals surface area contributed by atoms with Gasteiger partial charge in [-0.1, -0.05) is 48.5 Å². The maximum Gasteiger partial charge on any atom is 0.407 e. The molecule has 1 aliphatic rings. The second-order valence-corrected chi connectivity index (χ2v) is 9.63. The van der Waals surface area contributed by atoms with E-state index in [1.807, 2.05) is 57.2 Å². The average molecular weight is 483 g/mol. The van der Waals surface area contributed by atoms with Crippen LogP contribution < -0.4 is 5.32 Å². The number of carboxylic acids is 1. The summed E-state index contributed by atoms with van der Waals surface area (Å²) in [4.78, 5) is 38.4. The highest BCUT2D eigenvalue weighted by atomic mass is 16.6. The Bertz CT molecular complexity index is 1030. The van der Waals surface area contributed by atoms with Crippen molar-refractivity contribution in [1.82, 2.24) is 10.2 Å². The largest absolute Gasteiger partial charge is 0.480 e. The first-order valence-corrected chi connectivity index (χ1v) is 11.8. The highest BCUT2D eigenvalue weighted by Crippen LogP contribution is 2.44. The van der Waals surface area contributed by atoms with Gasteiger partial charge >= 0.3 is 12.1 Å². The number of alkyl carbamates (subject to hydrolysis) is 1. The fraction of sp³-hybridized carbons (Fsp3) is 0.444. The molecule has 0 radical (unpaired) electrons. The van der Waals surface area contributed by atoms with Crippen LogP contribution in [0, 0.1) is 0 Å². The summed E-state index contributed by atoms with van der Waals surface area (Å²) in [6.45, 7) is 8.68. The number of amides is 2. The summed E-state index contributed by atoms with van der Waals surface area (Å²) in [6.07, 6.45) is -1.48. The van der Waals surface area contributed by atoms with Gasteiger partial charge in [-0.15, -0.1) is 0 Å². The van der Waals surface area contributed by atoms with Crippen molar-refractivity contribution in [2.45, 2.75) is 58.3 Å². The van der Waals surface area contributed by atoms with Gasteiger partial charge in [-0.3, -0.25) is 9.59 Å². The number of rotatable bonds is 9. The van der Waals surface area contributed by atoms with Crippen molar-refractivity contribution < 1.29 is 29.0 Å². The van der Waals surface area contributed by atoms with Gasteiger partial charge in [0.15, 0.2) is 0 Å². The molecule has 2 amide bonds. The molecule has 2 aromatic carbocycles. The molecule has 2 N–H and O–H groups in total. The summed E-state index contributed by atoms with van der Waals surface area (Å²) in [5.41, 5.74) is 3.81. The summed E-state index contributed by atoms with van der Waals surface area (Å²) in [5, 5.41) is 11.8. The standard InChI is InChI=1S/C27H34N2O6/c1-6-29(15-23(30)31)25(32)24(17(2)35-27(3,4)5)28-26(33)34-16-22-20-13-9-7-11-18(20)19-12-8-10-14-21(19)22/h7-14,17,22,24H,6,15-16H2,1-5H3,(H,28,33)(H,30,31)/t17-,24+/m1/s1. The molecule has 0 saturated carbocycles. The fourth-order valence-corrected chi connectivity index (χ4v) is 4.48. The summed E-state index contributed by atoms with van der Waals surface area (Å²) in [7, 11) is 0. The third-order valence-corrected chi connectivity index (χ3v) is 5.91. The number of carboxylic acid groups (broad SMARTS) is 1. The van der Waals surface area contributed by atoms with Gasteiger partial charge < -0.3 is 24.8 Å². The number of aliphatic carboxylic acids is 1. The highest BCUT2D eigenvalue weighted by molar-refractivity contribution is 5.88. The zero-order chi connectivity index (χ0) is 25.8. The summed E-state index contributed by atoms with van der Waals surface area (Å²) in [6, 6.07) is 14.9. The van der Waals surface area contributed by atoms with Gasteiger partial charge in [0.1, 0.15) is 19.2 Å². The van der Waals surface area contributed by atoms with E-state index >= 15 is 0 Å². The molecule has 0 aliphatic heterocycles. The zero-order valence-corrected chi connectivity index (χ0v) is 20.9. The topological polar surface area (TPSA) is 105 Å². The number of nitrogens with zero attached hydrogens (tertiary/aromatic N) is 1. The van der Waals surface area contributed by atoms with Gasteiger partial charge in [0.2, 0.25) is 5.91 Å². The van der Waals surface area contributed by atoms with E-state index in [2.05, 4.69) is 17.4 Å². The Morgan fingerprint density at radius 2 is 1.57 bits per heavy atom. The van der Waals surface area contributed by atoms with Crippen LogP contribution in [0.3, 0.4) is 0 Å². The van der Waals surface area contributed by atoms with Crippen molar-refractivity contribution in [1.29, 1.82) is 0 Å².